The van der Waals surface area contributed by atoms with Gasteiger partial charge in [0.15, 0.2) is 0 Å². The summed E-state index contributed by atoms with van der Waals surface area (Å²) in [6.07, 6.45) is 5.49. The van der Waals surface area contributed by atoms with Crippen LogP contribution in [0.2, 0.25) is 0 Å². The second-order valence-electron chi connectivity index (χ2n) is 4.27. The lowest BCUT2D eigenvalue weighted by molar-refractivity contribution is -0.136. The lowest BCUT2D eigenvalue weighted by atomic mass is 9.80. The minimum atomic E-state index is -0.810. The maximum Gasteiger partial charge on any atom is 0.303 e. The second kappa shape index (κ2) is 5.12. The summed E-state index contributed by atoms with van der Waals surface area (Å²) in [4.78, 5) is 19.0. The summed E-state index contributed by atoms with van der Waals surface area (Å²) in [6, 6.07) is 0. The minimum absolute atomic E-state index is 0.0868. The van der Waals surface area contributed by atoms with Gasteiger partial charge in [0.1, 0.15) is 6.33 Å². The van der Waals surface area contributed by atoms with Gasteiger partial charge in [-0.1, -0.05) is 6.42 Å². The Hall–Kier alpha value is -1.65. The van der Waals surface area contributed by atoms with Crippen LogP contribution in [-0.4, -0.2) is 28.2 Å². The number of aromatic nitrogens is 2. The molecular weight excluding hydrogens is 220 g/mol. The third kappa shape index (κ3) is 2.54. The van der Waals surface area contributed by atoms with Crippen molar-refractivity contribution in [2.24, 2.45) is 0 Å². The Morgan fingerprint density at radius 3 is 2.82 bits per heavy atom. The van der Waals surface area contributed by atoms with Crippen LogP contribution in [0.25, 0.3) is 0 Å². The molecule has 0 unspecified atom stereocenters. The summed E-state index contributed by atoms with van der Waals surface area (Å²) in [7, 11) is 1.55. The number of nitrogens with zero attached hydrogens (tertiary/aromatic N) is 2. The van der Waals surface area contributed by atoms with Crippen LogP contribution in [-0.2, 0) is 11.2 Å². The Labute approximate surface area is 99.9 Å². The molecule has 92 valence electrons. The number of methoxy groups -OCH3 is 1. The molecule has 1 aromatic heterocycles. The number of carbonyl (C=O) groups is 1. The molecule has 1 saturated carbocycles. The van der Waals surface area contributed by atoms with Crippen molar-refractivity contribution in [3.8, 4) is 5.88 Å². The van der Waals surface area contributed by atoms with E-state index in [4.69, 9.17) is 9.84 Å². The molecule has 1 aliphatic rings. The van der Waals surface area contributed by atoms with Gasteiger partial charge in [-0.15, -0.1) is 0 Å². The molecule has 0 radical (unpaired) electrons. The fraction of sp³-hybridized carbons (Fsp3) is 0.583. The number of carboxylic acids is 1. The number of hydrogen-bond donors (Lipinski definition) is 1. The van der Waals surface area contributed by atoms with Crippen LogP contribution in [0.4, 0.5) is 0 Å². The average molecular weight is 236 g/mol. The van der Waals surface area contributed by atoms with Gasteiger partial charge in [0.25, 0.3) is 0 Å². The smallest absolute Gasteiger partial charge is 0.303 e. The zero-order chi connectivity index (χ0) is 12.3. The Morgan fingerprint density at radius 2 is 2.29 bits per heavy atom. The topological polar surface area (TPSA) is 72.3 Å². The molecule has 0 atom stereocenters. The van der Waals surface area contributed by atoms with E-state index >= 15 is 0 Å². The Bertz CT molecular complexity index is 416. The maximum absolute atomic E-state index is 10.7. The van der Waals surface area contributed by atoms with Gasteiger partial charge in [-0.05, 0) is 19.3 Å². The first kappa shape index (κ1) is 11.8. The van der Waals surface area contributed by atoms with Gasteiger partial charge in [0.05, 0.1) is 12.8 Å². The Kier molecular flexibility index (Phi) is 3.56. The molecule has 0 aromatic carbocycles. The highest BCUT2D eigenvalue weighted by molar-refractivity contribution is 5.67. The highest BCUT2D eigenvalue weighted by Crippen LogP contribution is 2.38. The van der Waals surface area contributed by atoms with E-state index in [2.05, 4.69) is 9.97 Å². The zero-order valence-electron chi connectivity index (χ0n) is 9.85. The van der Waals surface area contributed by atoms with Crippen molar-refractivity contribution in [2.75, 3.05) is 7.11 Å². The molecule has 0 spiro atoms. The van der Waals surface area contributed by atoms with Gasteiger partial charge in [0.2, 0.25) is 5.88 Å². The molecule has 0 aliphatic heterocycles. The first-order chi connectivity index (χ1) is 8.22. The van der Waals surface area contributed by atoms with Gasteiger partial charge in [0, 0.05) is 17.9 Å². The number of rotatable bonds is 5. The molecule has 5 nitrogen and oxygen atoms in total. The first-order valence-electron chi connectivity index (χ1n) is 5.82. The fourth-order valence-corrected chi connectivity index (χ4v) is 2.09. The highest BCUT2D eigenvalue weighted by atomic mass is 16.5. The van der Waals surface area contributed by atoms with E-state index in [1.807, 2.05) is 0 Å². The van der Waals surface area contributed by atoms with Crippen molar-refractivity contribution in [2.45, 2.75) is 38.0 Å². The summed E-state index contributed by atoms with van der Waals surface area (Å²) in [5.41, 5.74) is 1.84. The lowest BCUT2D eigenvalue weighted by Gasteiger charge is -2.27. The summed E-state index contributed by atoms with van der Waals surface area (Å²) in [5, 5.41) is 8.76. The highest BCUT2D eigenvalue weighted by Gasteiger charge is 2.25. The van der Waals surface area contributed by atoms with Crippen molar-refractivity contribution >= 4 is 5.97 Å². The van der Waals surface area contributed by atoms with Gasteiger partial charge in [-0.2, -0.15) is 0 Å². The molecule has 0 bridgehead atoms. The number of aliphatic carboxylic acids is 1. The fourth-order valence-electron chi connectivity index (χ4n) is 2.09. The van der Waals surface area contributed by atoms with Gasteiger partial charge >= 0.3 is 5.97 Å². The normalized spacial score (nSPS) is 15.4. The van der Waals surface area contributed by atoms with Gasteiger partial charge < -0.3 is 9.84 Å². The minimum Gasteiger partial charge on any atom is -0.481 e. The van der Waals surface area contributed by atoms with Crippen LogP contribution < -0.4 is 4.74 Å². The molecule has 1 aliphatic carbocycles. The predicted octanol–water partition coefficient (Wildman–Crippen LogP) is 1.77. The summed E-state index contributed by atoms with van der Waals surface area (Å²) >= 11 is 0. The number of carboxylic acid groups (broad SMARTS) is 1. The van der Waals surface area contributed by atoms with E-state index in [0.29, 0.717) is 18.2 Å². The van der Waals surface area contributed by atoms with Crippen molar-refractivity contribution in [1.29, 1.82) is 0 Å². The number of hydrogen-bond acceptors (Lipinski definition) is 4. The molecule has 2 rings (SSSR count). The van der Waals surface area contributed by atoms with Crippen molar-refractivity contribution < 1.29 is 14.6 Å². The monoisotopic (exact) mass is 236 g/mol. The summed E-state index contributed by atoms with van der Waals surface area (Å²) < 4.78 is 5.19. The number of ether oxygens (including phenoxy) is 1. The molecule has 17 heavy (non-hydrogen) atoms. The molecule has 0 saturated heterocycles. The van der Waals surface area contributed by atoms with Gasteiger partial charge in [-0.25, -0.2) is 9.97 Å². The molecular formula is C12H16N2O3. The van der Waals surface area contributed by atoms with Crippen LogP contribution in [0.5, 0.6) is 5.88 Å². The maximum atomic E-state index is 10.7. The first-order valence-corrected chi connectivity index (χ1v) is 5.82. The van der Waals surface area contributed by atoms with E-state index < -0.39 is 5.97 Å². The van der Waals surface area contributed by atoms with Crippen molar-refractivity contribution in [3.63, 3.8) is 0 Å². The van der Waals surface area contributed by atoms with E-state index in [-0.39, 0.29) is 6.42 Å². The van der Waals surface area contributed by atoms with Crippen LogP contribution in [0.3, 0.4) is 0 Å². The van der Waals surface area contributed by atoms with Crippen molar-refractivity contribution in [1.82, 2.24) is 9.97 Å². The second-order valence-corrected chi connectivity index (χ2v) is 4.27. The third-order valence-electron chi connectivity index (χ3n) is 3.21. The van der Waals surface area contributed by atoms with E-state index in [0.717, 1.165) is 24.1 Å². The van der Waals surface area contributed by atoms with Crippen LogP contribution in [0.15, 0.2) is 6.33 Å². The molecule has 5 heteroatoms. The average Bonchev–Trinajstić information content (AvgIpc) is 2.24. The van der Waals surface area contributed by atoms with Gasteiger partial charge in [-0.3, -0.25) is 4.79 Å². The van der Waals surface area contributed by atoms with E-state index in [9.17, 15) is 4.79 Å². The quantitative estimate of drug-likeness (QED) is 0.843. The molecule has 1 fully saturated rings. The zero-order valence-corrected chi connectivity index (χ0v) is 9.85. The molecule has 1 aromatic rings. The molecule has 0 amide bonds. The predicted molar refractivity (Wildman–Crippen MR) is 61.1 cm³/mol. The SMILES string of the molecule is COc1ncnc(C2CCC2)c1CCC(=O)O. The summed E-state index contributed by atoms with van der Waals surface area (Å²) in [6.45, 7) is 0. The third-order valence-corrected chi connectivity index (χ3v) is 3.21. The van der Waals surface area contributed by atoms with Crippen molar-refractivity contribution in [3.05, 3.63) is 17.6 Å². The van der Waals surface area contributed by atoms with Crippen LogP contribution >= 0.6 is 0 Å². The van der Waals surface area contributed by atoms with E-state index in [1.54, 1.807) is 7.11 Å². The van der Waals surface area contributed by atoms with E-state index in [1.165, 1.54) is 12.7 Å². The largest absolute Gasteiger partial charge is 0.481 e. The van der Waals surface area contributed by atoms with Crippen LogP contribution in [0.1, 0.15) is 42.9 Å². The lowest BCUT2D eigenvalue weighted by Crippen LogP contribution is -2.15. The Morgan fingerprint density at radius 1 is 1.53 bits per heavy atom. The molecule has 1 N–H and O–H groups in total. The Balaban J connectivity index is 2.26. The standard InChI is InChI=1S/C12H16N2O3/c1-17-12-9(5-6-10(15)16)11(13-7-14-12)8-3-2-4-8/h7-8H,2-6H2,1H3,(H,15,16). The summed E-state index contributed by atoms with van der Waals surface area (Å²) in [5.74, 6) is 0.161. The van der Waals surface area contributed by atoms with Crippen LogP contribution in [0, 0.1) is 0 Å². The molecule has 1 heterocycles.